The summed E-state index contributed by atoms with van der Waals surface area (Å²) in [5, 5.41) is 0. The Hall–Kier alpha value is -0.710. The summed E-state index contributed by atoms with van der Waals surface area (Å²) in [6.45, 7) is 1.84. The molecule has 1 atom stereocenters. The minimum absolute atomic E-state index is 0.150. The Bertz CT molecular complexity index is 349. The molecule has 0 spiro atoms. The molecule has 0 radical (unpaired) electrons. The van der Waals surface area contributed by atoms with Gasteiger partial charge in [0, 0.05) is 13.1 Å². The second kappa shape index (κ2) is 7.91. The molecule has 2 rings (SSSR count). The van der Waals surface area contributed by atoms with Crippen molar-refractivity contribution in [2.45, 2.75) is 51.0 Å². The number of carbonyl (C=O) groups excluding carboxylic acids is 2. The van der Waals surface area contributed by atoms with Gasteiger partial charge in [-0.2, -0.15) is 11.8 Å². The molecule has 2 amide bonds. The van der Waals surface area contributed by atoms with E-state index in [1.165, 1.54) is 18.6 Å². The molecule has 2 heterocycles. The third-order valence-electron chi connectivity index (χ3n) is 4.27. The van der Waals surface area contributed by atoms with E-state index in [2.05, 4.69) is 6.26 Å². The number of thioether (sulfide) groups is 1. The predicted octanol–water partition coefficient (Wildman–Crippen LogP) is 2.13. The molecule has 2 saturated heterocycles. The van der Waals surface area contributed by atoms with Crippen molar-refractivity contribution in [1.29, 1.82) is 0 Å². The van der Waals surface area contributed by atoms with Gasteiger partial charge in [0.15, 0.2) is 0 Å². The highest BCUT2D eigenvalue weighted by Crippen LogP contribution is 2.23. The second-order valence-corrected chi connectivity index (χ2v) is 6.75. The van der Waals surface area contributed by atoms with Crippen LogP contribution >= 0.6 is 11.8 Å². The van der Waals surface area contributed by atoms with Crippen molar-refractivity contribution in [2.75, 3.05) is 31.6 Å². The largest absolute Gasteiger partial charge is 0.332 e. The minimum Gasteiger partial charge on any atom is -0.332 e. The standard InChI is InChI=1S/C15H26N2O2S/c1-20-11-7-3-2-5-9-16-12-14(18)17-10-6-4-8-13(17)15(16)19/h13H,2-12H2,1H3. The van der Waals surface area contributed by atoms with Gasteiger partial charge in [-0.3, -0.25) is 9.59 Å². The van der Waals surface area contributed by atoms with Gasteiger partial charge in [-0.1, -0.05) is 12.8 Å². The summed E-state index contributed by atoms with van der Waals surface area (Å²) in [5.74, 6) is 1.56. The number of carbonyl (C=O) groups is 2. The molecule has 0 aromatic heterocycles. The third kappa shape index (κ3) is 3.90. The lowest BCUT2D eigenvalue weighted by atomic mass is 9.98. The average molecular weight is 298 g/mol. The first-order valence-electron chi connectivity index (χ1n) is 7.81. The van der Waals surface area contributed by atoms with Crippen LogP contribution in [0.4, 0.5) is 0 Å². The number of piperidine rings is 1. The Kier molecular flexibility index (Phi) is 6.20. The summed E-state index contributed by atoms with van der Waals surface area (Å²) >= 11 is 1.89. The summed E-state index contributed by atoms with van der Waals surface area (Å²) < 4.78 is 0. The normalized spacial score (nSPS) is 23.1. The second-order valence-electron chi connectivity index (χ2n) is 5.77. The van der Waals surface area contributed by atoms with Crippen molar-refractivity contribution < 1.29 is 9.59 Å². The number of amides is 2. The van der Waals surface area contributed by atoms with Crippen molar-refractivity contribution in [2.24, 2.45) is 0 Å². The molecule has 0 bridgehead atoms. The van der Waals surface area contributed by atoms with Crippen molar-refractivity contribution in [1.82, 2.24) is 9.80 Å². The van der Waals surface area contributed by atoms with E-state index < -0.39 is 0 Å². The maximum Gasteiger partial charge on any atom is 0.245 e. The summed E-state index contributed by atoms with van der Waals surface area (Å²) in [6, 6.07) is -0.151. The Labute approximate surface area is 126 Å². The van der Waals surface area contributed by atoms with Crippen LogP contribution in [0.2, 0.25) is 0 Å². The van der Waals surface area contributed by atoms with Gasteiger partial charge < -0.3 is 9.80 Å². The molecule has 2 fully saturated rings. The predicted molar refractivity (Wildman–Crippen MR) is 82.8 cm³/mol. The van der Waals surface area contributed by atoms with Crippen LogP contribution in [0, 0.1) is 0 Å². The molecule has 0 N–H and O–H groups in total. The summed E-state index contributed by atoms with van der Waals surface area (Å²) in [5.41, 5.74) is 0. The number of fused-ring (bicyclic) bond motifs is 1. The zero-order valence-corrected chi connectivity index (χ0v) is 13.3. The Morgan fingerprint density at radius 2 is 1.95 bits per heavy atom. The molecule has 5 heteroatoms. The van der Waals surface area contributed by atoms with E-state index in [-0.39, 0.29) is 17.9 Å². The Balaban J connectivity index is 1.74. The number of hydrogen-bond acceptors (Lipinski definition) is 3. The van der Waals surface area contributed by atoms with Crippen LogP contribution in [0.1, 0.15) is 44.9 Å². The van der Waals surface area contributed by atoms with Gasteiger partial charge in [0.05, 0.1) is 6.54 Å². The van der Waals surface area contributed by atoms with Crippen LogP contribution in [0.3, 0.4) is 0 Å². The van der Waals surface area contributed by atoms with E-state index in [9.17, 15) is 9.59 Å². The monoisotopic (exact) mass is 298 g/mol. The van der Waals surface area contributed by atoms with E-state index in [0.29, 0.717) is 6.54 Å². The van der Waals surface area contributed by atoms with Crippen LogP contribution in [-0.2, 0) is 9.59 Å². The van der Waals surface area contributed by atoms with Gasteiger partial charge in [-0.05, 0) is 44.1 Å². The van der Waals surface area contributed by atoms with E-state index in [4.69, 9.17) is 0 Å². The lowest BCUT2D eigenvalue weighted by Gasteiger charge is -2.42. The molecular formula is C15H26N2O2S. The van der Waals surface area contributed by atoms with Crippen molar-refractivity contribution in [3.63, 3.8) is 0 Å². The fourth-order valence-corrected chi connectivity index (χ4v) is 3.61. The highest BCUT2D eigenvalue weighted by Gasteiger charge is 2.39. The zero-order valence-electron chi connectivity index (χ0n) is 12.5. The molecule has 114 valence electrons. The molecular weight excluding hydrogens is 272 g/mol. The van der Waals surface area contributed by atoms with Crippen molar-refractivity contribution in [3.8, 4) is 0 Å². The zero-order chi connectivity index (χ0) is 14.4. The molecule has 4 nitrogen and oxygen atoms in total. The number of rotatable bonds is 7. The summed E-state index contributed by atoms with van der Waals surface area (Å²) in [7, 11) is 0. The number of unbranched alkanes of at least 4 members (excludes halogenated alkanes) is 3. The van der Waals surface area contributed by atoms with E-state index >= 15 is 0 Å². The Morgan fingerprint density at radius 3 is 2.75 bits per heavy atom. The minimum atomic E-state index is -0.151. The lowest BCUT2D eigenvalue weighted by Crippen LogP contribution is -2.61. The first-order valence-corrected chi connectivity index (χ1v) is 9.20. The molecule has 2 aliphatic heterocycles. The maximum atomic E-state index is 12.4. The van der Waals surface area contributed by atoms with E-state index in [0.717, 1.165) is 45.2 Å². The van der Waals surface area contributed by atoms with Crippen LogP contribution in [0.15, 0.2) is 0 Å². The quantitative estimate of drug-likeness (QED) is 0.676. The van der Waals surface area contributed by atoms with Crippen LogP contribution in [0.25, 0.3) is 0 Å². The highest BCUT2D eigenvalue weighted by atomic mass is 32.2. The van der Waals surface area contributed by atoms with Gasteiger partial charge >= 0.3 is 0 Å². The smallest absolute Gasteiger partial charge is 0.245 e. The molecule has 20 heavy (non-hydrogen) atoms. The van der Waals surface area contributed by atoms with E-state index in [1.54, 1.807) is 9.80 Å². The number of nitrogens with zero attached hydrogens (tertiary/aromatic N) is 2. The molecule has 0 aromatic carbocycles. The molecule has 0 aromatic rings. The van der Waals surface area contributed by atoms with Gasteiger partial charge in [0.25, 0.3) is 0 Å². The van der Waals surface area contributed by atoms with Crippen molar-refractivity contribution >= 4 is 23.6 Å². The third-order valence-corrected chi connectivity index (χ3v) is 4.97. The molecule has 2 aliphatic rings. The van der Waals surface area contributed by atoms with Gasteiger partial charge in [0.1, 0.15) is 6.04 Å². The molecule has 0 aliphatic carbocycles. The fourth-order valence-electron chi connectivity index (χ4n) is 3.12. The van der Waals surface area contributed by atoms with Crippen molar-refractivity contribution in [3.05, 3.63) is 0 Å². The topological polar surface area (TPSA) is 40.6 Å². The van der Waals surface area contributed by atoms with Crippen LogP contribution in [0.5, 0.6) is 0 Å². The molecule has 0 saturated carbocycles. The van der Waals surface area contributed by atoms with E-state index in [1.807, 2.05) is 11.8 Å². The first kappa shape index (κ1) is 15.7. The summed E-state index contributed by atoms with van der Waals surface area (Å²) in [4.78, 5) is 28.1. The lowest BCUT2D eigenvalue weighted by molar-refractivity contribution is -0.157. The highest BCUT2D eigenvalue weighted by molar-refractivity contribution is 7.98. The summed E-state index contributed by atoms with van der Waals surface area (Å²) in [6.07, 6.45) is 9.78. The van der Waals surface area contributed by atoms with Gasteiger partial charge in [0.2, 0.25) is 11.8 Å². The first-order chi connectivity index (χ1) is 9.74. The Morgan fingerprint density at radius 1 is 1.15 bits per heavy atom. The maximum absolute atomic E-state index is 12.4. The number of piperazine rings is 1. The van der Waals surface area contributed by atoms with Crippen LogP contribution < -0.4 is 0 Å². The molecule has 1 unspecified atom stereocenters. The SMILES string of the molecule is CSCCCCCCN1CC(=O)N2CCCCC2C1=O. The van der Waals surface area contributed by atoms with Gasteiger partial charge in [-0.15, -0.1) is 0 Å². The fraction of sp³-hybridized carbons (Fsp3) is 0.867. The van der Waals surface area contributed by atoms with Gasteiger partial charge in [-0.25, -0.2) is 0 Å². The number of hydrogen-bond donors (Lipinski definition) is 0. The van der Waals surface area contributed by atoms with Crippen LogP contribution in [-0.4, -0.2) is 59.3 Å². The average Bonchev–Trinajstić information content (AvgIpc) is 2.47.